The van der Waals surface area contributed by atoms with Gasteiger partial charge in [-0.15, -0.1) is 0 Å². The summed E-state index contributed by atoms with van der Waals surface area (Å²) in [5.74, 6) is -3.67. The van der Waals surface area contributed by atoms with E-state index in [1.807, 2.05) is 0 Å². The van der Waals surface area contributed by atoms with Crippen molar-refractivity contribution in [1.29, 1.82) is 0 Å². The first-order chi connectivity index (χ1) is 25.0. The normalized spacial score (nSPS) is 20.5. The Morgan fingerprint density at radius 1 is 1.09 bits per heavy atom. The number of carbonyl (C=O) groups is 2. The molecule has 0 spiro atoms. The van der Waals surface area contributed by atoms with Gasteiger partial charge in [-0.2, -0.15) is 10.1 Å². The number of cyclic esters (lactones) is 1. The predicted octanol–water partition coefficient (Wildman–Crippen LogP) is 6.04. The fourth-order valence-electron chi connectivity index (χ4n) is 4.44. The van der Waals surface area contributed by atoms with Crippen LogP contribution in [-0.4, -0.2) is 82.9 Å². The van der Waals surface area contributed by atoms with Gasteiger partial charge in [-0.05, 0) is 37.6 Å². The van der Waals surface area contributed by atoms with Gasteiger partial charge in [0, 0.05) is 33.2 Å². The topological polar surface area (TPSA) is 197 Å². The third kappa shape index (κ3) is 15.7. The van der Waals surface area contributed by atoms with Gasteiger partial charge in [-0.3, -0.25) is 13.9 Å². The second-order valence-corrected chi connectivity index (χ2v) is 13.0. The van der Waals surface area contributed by atoms with Crippen LogP contribution in [-0.2, 0) is 28.1 Å². The molecule has 2 aliphatic rings. The second-order valence-electron chi connectivity index (χ2n) is 11.3. The van der Waals surface area contributed by atoms with Gasteiger partial charge in [0.25, 0.3) is 5.92 Å². The van der Waals surface area contributed by atoms with E-state index in [-0.39, 0.29) is 24.6 Å². The van der Waals surface area contributed by atoms with Crippen molar-refractivity contribution in [3.05, 3.63) is 115 Å². The Balaban J connectivity index is 0.000000692. The molecule has 15 nitrogen and oxygen atoms in total. The molecule has 2 aromatic rings. The number of alkyl halides is 2. The van der Waals surface area contributed by atoms with Crippen molar-refractivity contribution in [1.82, 2.24) is 14.6 Å². The minimum atomic E-state index is -4.26. The minimum Gasteiger partial charge on any atom is -0.458 e. The zero-order valence-electron chi connectivity index (χ0n) is 30.0. The van der Waals surface area contributed by atoms with Crippen molar-refractivity contribution in [2.75, 3.05) is 32.7 Å². The van der Waals surface area contributed by atoms with Crippen LogP contribution in [0.5, 0.6) is 5.75 Å². The van der Waals surface area contributed by atoms with E-state index in [1.54, 1.807) is 56.4 Å². The summed E-state index contributed by atoms with van der Waals surface area (Å²) < 4.78 is 69.8. The molecular weight excluding hydrogens is 721 g/mol. The summed E-state index contributed by atoms with van der Waals surface area (Å²) in [5.41, 5.74) is -1.03. The maximum atomic E-state index is 14.8. The maximum absolute atomic E-state index is 14.8. The Hall–Kier alpha value is -4.93. The van der Waals surface area contributed by atoms with Crippen molar-refractivity contribution >= 4 is 25.7 Å². The maximum Gasteiger partial charge on any atom is 0.506 e. The number of hydrogen-bond acceptors (Lipinski definition) is 12. The summed E-state index contributed by atoms with van der Waals surface area (Å²) in [4.78, 5) is 38.1. The number of ether oxygens (including phenoxy) is 3. The van der Waals surface area contributed by atoms with Crippen LogP contribution in [0.1, 0.15) is 32.9 Å². The van der Waals surface area contributed by atoms with Crippen molar-refractivity contribution < 1.29 is 56.4 Å². The highest BCUT2D eigenvalue weighted by Crippen LogP contribution is 2.49. The molecule has 0 amide bonds. The molecule has 53 heavy (non-hydrogen) atoms. The van der Waals surface area contributed by atoms with E-state index in [0.29, 0.717) is 10.1 Å². The molecule has 2 fully saturated rings. The molecular formula is C35H47F2N4O11P. The number of halogens is 2. The van der Waals surface area contributed by atoms with Crippen LogP contribution in [0.15, 0.2) is 110 Å². The Kier molecular flexibility index (Phi) is 19.3. The molecule has 0 saturated carbocycles. The number of para-hydroxylation sites is 1. The van der Waals surface area contributed by atoms with E-state index in [1.165, 1.54) is 31.3 Å². The monoisotopic (exact) mass is 768 g/mol. The highest BCUT2D eigenvalue weighted by molar-refractivity contribution is 7.52. The third-order valence-electron chi connectivity index (χ3n) is 6.71. The minimum absolute atomic E-state index is 0.0187. The fourth-order valence-corrected chi connectivity index (χ4v) is 5.96. The third-order valence-corrected chi connectivity index (χ3v) is 8.28. The number of esters is 1. The Morgan fingerprint density at radius 3 is 2.23 bits per heavy atom. The largest absolute Gasteiger partial charge is 0.506 e. The van der Waals surface area contributed by atoms with Gasteiger partial charge in [-0.1, -0.05) is 74.9 Å². The number of aliphatic hydroxyl groups is 1. The number of rotatable bonds is 14. The van der Waals surface area contributed by atoms with E-state index in [2.05, 4.69) is 46.4 Å². The number of carbonyl (C=O) groups excluding carboxylic acids is 1. The summed E-state index contributed by atoms with van der Waals surface area (Å²) in [6.45, 7) is 16.5. The summed E-state index contributed by atoms with van der Waals surface area (Å²) in [5, 5.41) is 20.3. The van der Waals surface area contributed by atoms with Crippen LogP contribution >= 0.6 is 7.75 Å². The van der Waals surface area contributed by atoms with Crippen LogP contribution in [0.3, 0.4) is 0 Å². The second kappa shape index (κ2) is 22.2. The van der Waals surface area contributed by atoms with Gasteiger partial charge in [-0.25, -0.2) is 22.9 Å². The predicted molar refractivity (Wildman–Crippen MR) is 195 cm³/mol. The number of benzene rings is 1. The number of carboxylic acid groups (broad SMARTS) is 1. The highest BCUT2D eigenvalue weighted by Gasteiger charge is 2.53. The first-order valence-corrected chi connectivity index (χ1v) is 17.3. The van der Waals surface area contributed by atoms with Gasteiger partial charge in [0.05, 0.1) is 12.7 Å². The van der Waals surface area contributed by atoms with Crippen molar-refractivity contribution in [2.24, 2.45) is 0 Å². The summed E-state index contributed by atoms with van der Waals surface area (Å²) >= 11 is 0. The smallest absolute Gasteiger partial charge is 0.458 e. The summed E-state index contributed by atoms with van der Waals surface area (Å²) in [6.07, 6.45) is 4.07. The van der Waals surface area contributed by atoms with Crippen LogP contribution in [0.25, 0.3) is 0 Å². The summed E-state index contributed by atoms with van der Waals surface area (Å²) in [6, 6.07) is 8.42. The zero-order valence-corrected chi connectivity index (χ0v) is 30.9. The number of aliphatic hydroxyl groups excluding tert-OH is 1. The van der Waals surface area contributed by atoms with Gasteiger partial charge in [0.1, 0.15) is 29.8 Å². The average Bonchev–Trinajstić information content (AvgIpc) is 3.57. The lowest BCUT2D eigenvalue weighted by atomic mass is 10.0. The fraction of sp³-hybridized carbons (Fsp3) is 0.371. The molecule has 292 valence electrons. The van der Waals surface area contributed by atoms with Gasteiger partial charge < -0.3 is 34.3 Å². The molecule has 1 aromatic heterocycles. The molecule has 1 aromatic carbocycles. The van der Waals surface area contributed by atoms with Crippen LogP contribution in [0.2, 0.25) is 0 Å². The number of hydrogen-bond donors (Lipinski definition) is 4. The first kappa shape index (κ1) is 46.1. The molecule has 0 aliphatic carbocycles. The molecule has 4 atom stereocenters. The number of anilines is 1. The van der Waals surface area contributed by atoms with Crippen LogP contribution in [0.4, 0.5) is 19.4 Å². The molecule has 4 unspecified atom stereocenters. The molecule has 0 bridgehead atoms. The number of nitrogens with zero attached hydrogens (tertiary/aromatic N) is 2. The molecule has 4 rings (SSSR count). The van der Waals surface area contributed by atoms with E-state index >= 15 is 0 Å². The molecule has 0 radical (unpaired) electrons. The van der Waals surface area contributed by atoms with E-state index in [4.69, 9.17) is 28.7 Å². The average molecular weight is 769 g/mol. The van der Waals surface area contributed by atoms with Crippen molar-refractivity contribution in [3.63, 3.8) is 0 Å². The van der Waals surface area contributed by atoms with Crippen molar-refractivity contribution in [3.8, 4) is 5.75 Å². The quantitative estimate of drug-likeness (QED) is 0.0986. The first-order valence-electron chi connectivity index (χ1n) is 15.8. The lowest BCUT2D eigenvalue weighted by molar-refractivity contribution is -0.147. The Morgan fingerprint density at radius 2 is 1.74 bits per heavy atom. The molecule has 2 aliphatic heterocycles. The Bertz CT molecular complexity index is 1660. The number of aromatic nitrogens is 2. The van der Waals surface area contributed by atoms with E-state index in [9.17, 15) is 27.7 Å². The SMILES string of the molecule is C=C/C=C(\C=C)COC(=O)O.C=CC=C.CNc1ccn(C2OC(COP(=O)(NC3CC(C)(C)OC3=O)Oc3ccccc3)CC2(F)F)c(=O)n1.CO. The van der Waals surface area contributed by atoms with Gasteiger partial charge in [0.15, 0.2) is 0 Å². The molecule has 4 N–H and O–H groups in total. The molecule has 18 heteroatoms. The van der Waals surface area contributed by atoms with Crippen LogP contribution in [0, 0.1) is 0 Å². The van der Waals surface area contributed by atoms with Gasteiger partial charge in [0.2, 0.25) is 6.23 Å². The number of nitrogens with one attached hydrogen (secondary N) is 2. The van der Waals surface area contributed by atoms with Gasteiger partial charge >= 0.3 is 25.6 Å². The standard InChI is InChI=1S/C22H27F2N4O7P.C8H10O3.C4H6.CH4O/c1-21(2)12-16(18(29)34-21)27-36(31,35-14-7-5-4-6-8-14)32-13-15-11-22(23,24)19(33-15)28-10-9-17(25-3)26-20(28)30;1-3-5-7(4-2)6-11-8(9)10;1-3-4-2;1-2/h4-10,15-16,19H,11-13H2,1-3H3,(H,27,31)(H,25,26,30);3-5H,1-2,6H2,(H,9,10);3-4H,1-2H2;2H,1H3/b;7-5+;;. The summed E-state index contributed by atoms with van der Waals surface area (Å²) in [7, 11) is -1.72. The highest BCUT2D eigenvalue weighted by atomic mass is 31.2. The Labute approximate surface area is 306 Å². The van der Waals surface area contributed by atoms with E-state index in [0.717, 1.165) is 13.3 Å². The lowest BCUT2D eigenvalue weighted by Gasteiger charge is -2.23. The molecule has 2 saturated heterocycles. The van der Waals surface area contributed by atoms with E-state index < -0.39 is 68.5 Å². The number of allylic oxidation sites excluding steroid dienone is 4. The lowest BCUT2D eigenvalue weighted by Crippen LogP contribution is -2.35. The zero-order chi connectivity index (χ0) is 40.2. The van der Waals surface area contributed by atoms with Crippen LogP contribution < -0.4 is 20.6 Å². The molecule has 3 heterocycles. The van der Waals surface area contributed by atoms with Crippen molar-refractivity contribution in [2.45, 2.75) is 56.6 Å².